The predicted octanol–water partition coefficient (Wildman–Crippen LogP) is 4.88. The molecule has 0 aromatic heterocycles. The highest BCUT2D eigenvalue weighted by Crippen LogP contribution is 2.44. The molecule has 0 radical (unpaired) electrons. The zero-order valence-corrected chi connectivity index (χ0v) is 17.0. The summed E-state index contributed by atoms with van der Waals surface area (Å²) in [6.45, 7) is 6.24. The fourth-order valence-electron chi connectivity index (χ4n) is 3.52. The van der Waals surface area contributed by atoms with Crippen molar-refractivity contribution >= 4 is 23.3 Å². The Balaban J connectivity index is 2.09. The maximum atomic E-state index is 12.4. The van der Waals surface area contributed by atoms with Gasteiger partial charge >= 0.3 is 5.97 Å². The van der Waals surface area contributed by atoms with Gasteiger partial charge in [0, 0.05) is 22.7 Å². The van der Waals surface area contributed by atoms with E-state index in [1.807, 2.05) is 43.0 Å². The summed E-state index contributed by atoms with van der Waals surface area (Å²) in [4.78, 5) is 14.4. The minimum atomic E-state index is -0.425. The van der Waals surface area contributed by atoms with Crippen molar-refractivity contribution in [2.75, 3.05) is 18.1 Å². The van der Waals surface area contributed by atoms with E-state index in [0.29, 0.717) is 23.6 Å². The zero-order valence-electron chi connectivity index (χ0n) is 16.2. The molecular weight excluding hydrogens is 376 g/mol. The van der Waals surface area contributed by atoms with Crippen LogP contribution >= 0.6 is 11.6 Å². The summed E-state index contributed by atoms with van der Waals surface area (Å²) in [7, 11) is 0. The summed E-state index contributed by atoms with van der Waals surface area (Å²) in [5.74, 6) is 0.419. The molecule has 0 spiro atoms. The number of carbonyl (C=O) groups excluding carboxylic acids is 1. The van der Waals surface area contributed by atoms with Crippen LogP contribution < -0.4 is 9.64 Å². The van der Waals surface area contributed by atoms with Gasteiger partial charge in [-0.25, -0.2) is 0 Å². The lowest BCUT2D eigenvalue weighted by atomic mass is 9.87. The lowest BCUT2D eigenvalue weighted by Crippen LogP contribution is -2.43. The van der Waals surface area contributed by atoms with Crippen LogP contribution in [0.15, 0.2) is 42.5 Å². The van der Waals surface area contributed by atoms with E-state index >= 15 is 0 Å². The highest BCUT2D eigenvalue weighted by atomic mass is 35.5. The summed E-state index contributed by atoms with van der Waals surface area (Å²) in [5.41, 5.74) is 1.87. The Labute approximate surface area is 170 Å². The van der Waals surface area contributed by atoms with Crippen LogP contribution in [0, 0.1) is 11.3 Å². The summed E-state index contributed by atoms with van der Waals surface area (Å²) in [6, 6.07) is 14.8. The number of halogens is 1. The number of carbonyl (C=O) groups is 1. The quantitative estimate of drug-likeness (QED) is 0.671. The fourth-order valence-corrected chi connectivity index (χ4v) is 3.65. The van der Waals surface area contributed by atoms with Gasteiger partial charge in [0.25, 0.3) is 0 Å². The number of esters is 1. The van der Waals surface area contributed by atoms with E-state index in [-0.39, 0.29) is 18.6 Å². The number of anilines is 1. The van der Waals surface area contributed by atoms with Crippen molar-refractivity contribution in [3.8, 4) is 11.8 Å². The number of benzene rings is 2. The van der Waals surface area contributed by atoms with Crippen molar-refractivity contribution < 1.29 is 14.3 Å². The van der Waals surface area contributed by atoms with E-state index in [1.165, 1.54) is 0 Å². The second kappa shape index (κ2) is 8.12. The minimum absolute atomic E-state index is 0.0897. The van der Waals surface area contributed by atoms with Crippen molar-refractivity contribution in [3.05, 3.63) is 58.6 Å². The monoisotopic (exact) mass is 398 g/mol. The van der Waals surface area contributed by atoms with Gasteiger partial charge in [0.05, 0.1) is 24.3 Å². The van der Waals surface area contributed by atoms with Gasteiger partial charge in [-0.3, -0.25) is 4.79 Å². The average Bonchev–Trinajstić information content (AvgIpc) is 2.65. The summed E-state index contributed by atoms with van der Waals surface area (Å²) in [6.07, 6.45) is 0.650. The second-order valence-corrected chi connectivity index (χ2v) is 7.79. The Morgan fingerprint density at radius 3 is 2.68 bits per heavy atom. The van der Waals surface area contributed by atoms with E-state index in [2.05, 4.69) is 6.07 Å². The normalized spacial score (nSPS) is 17.0. The Bertz CT molecular complexity index is 903. The van der Waals surface area contributed by atoms with Gasteiger partial charge < -0.3 is 14.4 Å². The number of nitrogens with zero attached hydrogens (tertiary/aromatic N) is 2. The number of rotatable bonds is 5. The topological polar surface area (TPSA) is 62.6 Å². The lowest BCUT2D eigenvalue weighted by molar-refractivity contribution is -0.141. The zero-order chi connectivity index (χ0) is 20.3. The smallest absolute Gasteiger partial charge is 0.325 e. The van der Waals surface area contributed by atoms with Crippen LogP contribution in [0.4, 0.5) is 5.69 Å². The molecule has 0 aliphatic carbocycles. The molecule has 0 fully saturated rings. The van der Waals surface area contributed by atoms with Crippen molar-refractivity contribution in [2.24, 2.45) is 0 Å². The number of hydrogen-bond acceptors (Lipinski definition) is 5. The first-order valence-corrected chi connectivity index (χ1v) is 9.61. The molecule has 0 saturated carbocycles. The maximum absolute atomic E-state index is 12.4. The van der Waals surface area contributed by atoms with E-state index in [0.717, 1.165) is 17.0 Å². The van der Waals surface area contributed by atoms with Crippen molar-refractivity contribution in [1.82, 2.24) is 0 Å². The Morgan fingerprint density at radius 2 is 2.04 bits per heavy atom. The third kappa shape index (κ3) is 4.40. The van der Waals surface area contributed by atoms with E-state index in [9.17, 15) is 10.1 Å². The highest BCUT2D eigenvalue weighted by molar-refractivity contribution is 6.30. The van der Waals surface area contributed by atoms with Crippen LogP contribution in [-0.4, -0.2) is 24.7 Å². The van der Waals surface area contributed by atoms with Gasteiger partial charge in [-0.05, 0) is 63.2 Å². The molecule has 6 heteroatoms. The van der Waals surface area contributed by atoms with Crippen molar-refractivity contribution in [2.45, 2.75) is 38.8 Å². The van der Waals surface area contributed by atoms with Gasteiger partial charge in [0.15, 0.2) is 0 Å². The van der Waals surface area contributed by atoms with Gasteiger partial charge in [-0.2, -0.15) is 5.26 Å². The van der Waals surface area contributed by atoms with Crippen LogP contribution in [0.5, 0.6) is 5.75 Å². The largest absolute Gasteiger partial charge is 0.487 e. The summed E-state index contributed by atoms with van der Waals surface area (Å²) in [5, 5.41) is 9.96. The Hall–Kier alpha value is -2.71. The first-order chi connectivity index (χ1) is 13.3. The molecule has 1 unspecified atom stereocenters. The summed E-state index contributed by atoms with van der Waals surface area (Å²) >= 11 is 6.06. The molecule has 1 atom stereocenters. The Morgan fingerprint density at radius 1 is 1.32 bits per heavy atom. The number of hydrogen-bond donors (Lipinski definition) is 0. The van der Waals surface area contributed by atoms with Gasteiger partial charge in [-0.1, -0.05) is 11.6 Å². The third-order valence-corrected chi connectivity index (χ3v) is 4.96. The molecular formula is C22H23ClN2O3. The van der Waals surface area contributed by atoms with Crippen LogP contribution in [0.2, 0.25) is 5.02 Å². The Kier molecular flexibility index (Phi) is 5.81. The van der Waals surface area contributed by atoms with Crippen LogP contribution in [0.3, 0.4) is 0 Å². The molecule has 0 saturated heterocycles. The molecule has 1 aliphatic rings. The average molecular weight is 399 g/mol. The molecule has 146 valence electrons. The van der Waals surface area contributed by atoms with Gasteiger partial charge in [0.2, 0.25) is 0 Å². The highest BCUT2D eigenvalue weighted by Gasteiger charge is 2.38. The minimum Gasteiger partial charge on any atom is -0.487 e. The number of nitriles is 1. The molecule has 0 bridgehead atoms. The molecule has 1 aliphatic heterocycles. The number of ether oxygens (including phenoxy) is 2. The number of fused-ring (bicyclic) bond motifs is 1. The van der Waals surface area contributed by atoms with Crippen LogP contribution in [-0.2, 0) is 9.53 Å². The summed E-state index contributed by atoms with van der Waals surface area (Å²) < 4.78 is 11.3. The van der Waals surface area contributed by atoms with E-state index in [1.54, 1.807) is 25.1 Å². The van der Waals surface area contributed by atoms with Gasteiger partial charge in [-0.15, -0.1) is 0 Å². The van der Waals surface area contributed by atoms with Gasteiger partial charge in [0.1, 0.15) is 17.9 Å². The fraction of sp³-hybridized carbons (Fsp3) is 0.364. The van der Waals surface area contributed by atoms with Crippen LogP contribution in [0.1, 0.15) is 44.4 Å². The first-order valence-electron chi connectivity index (χ1n) is 9.24. The molecule has 5 nitrogen and oxygen atoms in total. The third-order valence-electron chi connectivity index (χ3n) is 4.71. The first kappa shape index (κ1) is 20.0. The SMILES string of the molecule is CCOC(=O)CN(c1ccc(Cl)cc1)C1CC(C)(C)Oc2ccc(C#N)cc21. The maximum Gasteiger partial charge on any atom is 0.325 e. The molecule has 2 aromatic carbocycles. The standard InChI is InChI=1S/C22H23ClN2O3/c1-4-27-21(26)14-25(17-8-6-16(23)7-9-17)19-12-22(2,3)28-20-10-5-15(13-24)11-18(19)20/h5-11,19H,4,12,14H2,1-3H3. The van der Waals surface area contributed by atoms with E-state index in [4.69, 9.17) is 21.1 Å². The van der Waals surface area contributed by atoms with E-state index < -0.39 is 5.60 Å². The molecule has 28 heavy (non-hydrogen) atoms. The molecule has 0 N–H and O–H groups in total. The molecule has 1 heterocycles. The molecule has 2 aromatic rings. The van der Waals surface area contributed by atoms with Crippen molar-refractivity contribution in [1.29, 1.82) is 5.26 Å². The van der Waals surface area contributed by atoms with Crippen molar-refractivity contribution in [3.63, 3.8) is 0 Å². The predicted molar refractivity (Wildman–Crippen MR) is 109 cm³/mol. The lowest BCUT2D eigenvalue weighted by Gasteiger charge is -2.43. The molecule has 0 amide bonds. The molecule has 3 rings (SSSR count). The second-order valence-electron chi connectivity index (χ2n) is 7.36. The van der Waals surface area contributed by atoms with Crippen LogP contribution in [0.25, 0.3) is 0 Å².